The smallest absolute Gasteiger partial charge is 0.323 e. The fourth-order valence-electron chi connectivity index (χ4n) is 3.86. The quantitative estimate of drug-likeness (QED) is 0.213. The Labute approximate surface area is 215 Å². The number of pyridine rings is 1. The van der Waals surface area contributed by atoms with Crippen LogP contribution in [0.15, 0.2) is 36.4 Å². The van der Waals surface area contributed by atoms with Crippen molar-refractivity contribution in [2.45, 2.75) is 19.4 Å². The molecule has 0 atom stereocenters. The summed E-state index contributed by atoms with van der Waals surface area (Å²) >= 11 is 0. The number of hydrogen-bond acceptors (Lipinski definition) is 9. The number of anilines is 2. The van der Waals surface area contributed by atoms with Crippen LogP contribution in [0.4, 0.5) is 11.4 Å². The van der Waals surface area contributed by atoms with Gasteiger partial charge < -0.3 is 40.5 Å². The highest BCUT2D eigenvalue weighted by Gasteiger charge is 2.31. The Morgan fingerprint density at radius 1 is 0.974 bits per heavy atom. The van der Waals surface area contributed by atoms with E-state index in [0.717, 1.165) is 10.5 Å². The van der Waals surface area contributed by atoms with Gasteiger partial charge >= 0.3 is 23.9 Å². The molecule has 0 aliphatic rings. The van der Waals surface area contributed by atoms with Crippen LogP contribution in [-0.2, 0) is 25.8 Å². The molecule has 1 aromatic heterocycles. The van der Waals surface area contributed by atoms with Gasteiger partial charge in [0.05, 0.1) is 24.0 Å². The molecule has 0 spiro atoms. The van der Waals surface area contributed by atoms with Gasteiger partial charge in [-0.1, -0.05) is 6.07 Å². The number of carboxylic acid groups (broad SMARTS) is 4. The number of nitrogens with two attached hydrogens (primary N) is 1. The number of methoxy groups -OCH3 is 1. The number of fused-ring (bicyclic) bond motifs is 1. The van der Waals surface area contributed by atoms with Gasteiger partial charge in [0.1, 0.15) is 36.9 Å². The summed E-state index contributed by atoms with van der Waals surface area (Å²) < 4.78 is 11.1. The first-order valence-electron chi connectivity index (χ1n) is 11.1. The van der Waals surface area contributed by atoms with Crippen LogP contribution in [0.5, 0.6) is 11.5 Å². The zero-order valence-electron chi connectivity index (χ0n) is 20.4. The van der Waals surface area contributed by atoms with E-state index in [9.17, 15) is 39.6 Å². The minimum Gasteiger partial charge on any atom is -0.497 e. The highest BCUT2D eigenvalue weighted by molar-refractivity contribution is 6.03. The first-order valence-corrected chi connectivity index (χ1v) is 11.1. The second-order valence-corrected chi connectivity index (χ2v) is 8.33. The van der Waals surface area contributed by atoms with Crippen LogP contribution >= 0.6 is 0 Å². The highest BCUT2D eigenvalue weighted by atomic mass is 16.5. The minimum atomic E-state index is -1.93. The maximum atomic E-state index is 11.7. The lowest BCUT2D eigenvalue weighted by Gasteiger charge is -2.24. The fraction of sp³-hybridized carbons (Fsp3) is 0.240. The lowest BCUT2D eigenvalue weighted by Crippen LogP contribution is -2.34. The molecule has 0 aliphatic carbocycles. The summed E-state index contributed by atoms with van der Waals surface area (Å²) in [7, 11) is 1.35. The molecule has 6 N–H and O–H groups in total. The molecule has 0 saturated heterocycles. The van der Waals surface area contributed by atoms with E-state index in [-0.39, 0.29) is 46.3 Å². The summed E-state index contributed by atoms with van der Waals surface area (Å²) in [6.07, 6.45) is 0. The van der Waals surface area contributed by atoms with Crippen LogP contribution in [0, 0.1) is 6.92 Å². The zero-order valence-corrected chi connectivity index (χ0v) is 20.4. The van der Waals surface area contributed by atoms with Gasteiger partial charge in [-0.3, -0.25) is 19.2 Å². The number of carbonyl (C=O) groups is 4. The summed E-state index contributed by atoms with van der Waals surface area (Å²) in [5.41, 5.74) is 7.37. The van der Waals surface area contributed by atoms with Gasteiger partial charge in [0.2, 0.25) is 0 Å². The van der Waals surface area contributed by atoms with Crippen LogP contribution in [0.2, 0.25) is 0 Å². The average molecular weight is 527 g/mol. The summed E-state index contributed by atoms with van der Waals surface area (Å²) in [4.78, 5) is 51.7. The third-order valence-electron chi connectivity index (χ3n) is 5.55. The number of aliphatic carboxylic acids is 4. The Morgan fingerprint density at radius 2 is 1.61 bits per heavy atom. The predicted octanol–water partition coefficient (Wildman–Crippen LogP) is 1.94. The lowest BCUT2D eigenvalue weighted by molar-refractivity contribution is -0.150. The van der Waals surface area contributed by atoms with Gasteiger partial charge in [-0.2, -0.15) is 0 Å². The number of carboxylic acids is 4. The fourth-order valence-corrected chi connectivity index (χ4v) is 3.86. The largest absolute Gasteiger partial charge is 0.497 e. The molecule has 38 heavy (non-hydrogen) atoms. The Balaban J connectivity index is 2.07. The molecule has 13 heteroatoms. The van der Waals surface area contributed by atoms with E-state index >= 15 is 0 Å². The number of benzene rings is 2. The third kappa shape index (κ3) is 6.19. The molecule has 0 unspecified atom stereocenters. The predicted molar refractivity (Wildman–Crippen MR) is 134 cm³/mol. The second kappa shape index (κ2) is 11.3. The van der Waals surface area contributed by atoms with Crippen LogP contribution in [0.25, 0.3) is 10.9 Å². The maximum Gasteiger partial charge on any atom is 0.323 e. The Bertz CT molecular complexity index is 1390. The summed E-state index contributed by atoms with van der Waals surface area (Å²) in [6.45, 7) is 0.288. The molecule has 200 valence electrons. The van der Waals surface area contributed by atoms with Crippen molar-refractivity contribution >= 4 is 46.2 Å². The molecule has 2 aromatic carbocycles. The number of hydrogen-bond donors (Lipinski definition) is 5. The second-order valence-electron chi connectivity index (χ2n) is 8.33. The van der Waals surface area contributed by atoms with Crippen molar-refractivity contribution in [3.05, 3.63) is 53.2 Å². The van der Waals surface area contributed by atoms with Crippen molar-refractivity contribution in [1.82, 2.24) is 4.98 Å². The summed E-state index contributed by atoms with van der Waals surface area (Å²) in [6, 6.07) is 9.07. The van der Waals surface area contributed by atoms with Gasteiger partial charge in [-0.25, -0.2) is 4.98 Å². The van der Waals surface area contributed by atoms with E-state index in [0.29, 0.717) is 5.39 Å². The van der Waals surface area contributed by atoms with Crippen molar-refractivity contribution in [2.24, 2.45) is 0 Å². The number of rotatable bonds is 12. The number of aromatic nitrogens is 1. The van der Waals surface area contributed by atoms with Crippen molar-refractivity contribution in [1.29, 1.82) is 0 Å². The Morgan fingerprint density at radius 3 is 2.16 bits per heavy atom. The Hall–Kier alpha value is -5.07. The van der Waals surface area contributed by atoms with E-state index < -0.39 is 42.9 Å². The minimum absolute atomic E-state index is 0.0660. The molecular formula is C25H25N3O10. The first kappa shape index (κ1) is 27.5. The number of nitrogens with zero attached hydrogens (tertiary/aromatic N) is 2. The number of nitrogen functional groups attached to an aromatic ring is 1. The molecule has 0 saturated carbocycles. The summed E-state index contributed by atoms with van der Waals surface area (Å²) in [5, 5.41) is 37.9. The Kier molecular flexibility index (Phi) is 8.20. The van der Waals surface area contributed by atoms with Gasteiger partial charge in [-0.15, -0.1) is 0 Å². The molecule has 0 bridgehead atoms. The molecule has 0 aliphatic heterocycles. The van der Waals surface area contributed by atoms with E-state index in [1.54, 1.807) is 19.1 Å². The molecule has 0 radical (unpaired) electrons. The molecule has 3 rings (SSSR count). The van der Waals surface area contributed by atoms with Crippen molar-refractivity contribution in [3.8, 4) is 11.5 Å². The standard InChI is InChI=1S/C25H25N3O10/c1-12-3-4-18(28(9-20(29)30)10-21(31)32)19(5-12)38-11-17-16(26)7-13-6-14(37-2)8-15(23(13)27-17)22(24(33)34)25(35)36/h3-8,22H,9-11,26H2,1-2H3,(H,29,30)(H,31,32)(H,33,34)(H,35,36). The third-order valence-corrected chi connectivity index (χ3v) is 5.55. The van der Waals surface area contributed by atoms with E-state index in [1.807, 2.05) is 0 Å². The van der Waals surface area contributed by atoms with Crippen molar-refractivity contribution < 1.29 is 49.1 Å². The van der Waals surface area contributed by atoms with Crippen LogP contribution in [0.1, 0.15) is 22.7 Å². The van der Waals surface area contributed by atoms with Gasteiger partial charge in [-0.05, 0) is 42.8 Å². The highest BCUT2D eigenvalue weighted by Crippen LogP contribution is 2.34. The molecule has 13 nitrogen and oxygen atoms in total. The molecule has 0 fully saturated rings. The number of aryl methyl sites for hydroxylation is 1. The van der Waals surface area contributed by atoms with Crippen LogP contribution in [-0.4, -0.2) is 69.5 Å². The average Bonchev–Trinajstić information content (AvgIpc) is 2.81. The van der Waals surface area contributed by atoms with E-state index in [1.165, 1.54) is 31.4 Å². The van der Waals surface area contributed by atoms with Crippen molar-refractivity contribution in [3.63, 3.8) is 0 Å². The topological polar surface area (TPSA) is 210 Å². The normalized spacial score (nSPS) is 10.8. The van der Waals surface area contributed by atoms with E-state index in [4.69, 9.17) is 15.2 Å². The SMILES string of the molecule is COc1cc(C(C(=O)O)C(=O)O)c2nc(COc3cc(C)ccc3N(CC(=O)O)CC(=O)O)c(N)cc2c1. The van der Waals surface area contributed by atoms with Gasteiger partial charge in [0.25, 0.3) is 0 Å². The van der Waals surface area contributed by atoms with E-state index in [2.05, 4.69) is 4.98 Å². The summed E-state index contributed by atoms with van der Waals surface area (Å²) in [5.74, 6) is -7.22. The molecule has 1 heterocycles. The maximum absolute atomic E-state index is 11.7. The zero-order chi connectivity index (χ0) is 28.1. The van der Waals surface area contributed by atoms with Crippen molar-refractivity contribution in [2.75, 3.05) is 30.8 Å². The molecule has 3 aromatic rings. The van der Waals surface area contributed by atoms with Crippen LogP contribution in [0.3, 0.4) is 0 Å². The molecular weight excluding hydrogens is 502 g/mol. The number of ether oxygens (including phenoxy) is 2. The monoisotopic (exact) mass is 527 g/mol. The van der Waals surface area contributed by atoms with Gasteiger partial charge in [0.15, 0.2) is 5.92 Å². The first-order chi connectivity index (χ1) is 17.9. The van der Waals surface area contributed by atoms with Crippen LogP contribution < -0.4 is 20.1 Å². The lowest BCUT2D eigenvalue weighted by atomic mass is 9.95. The molecule has 0 amide bonds. The van der Waals surface area contributed by atoms with Gasteiger partial charge in [0, 0.05) is 10.9 Å².